The van der Waals surface area contributed by atoms with E-state index in [1.54, 1.807) is 158 Å². The van der Waals surface area contributed by atoms with Gasteiger partial charge in [0.05, 0.1) is 19.6 Å². The Bertz CT molecular complexity index is 3140. The summed E-state index contributed by atoms with van der Waals surface area (Å²) in [4.78, 5) is 35.8. The maximum absolute atomic E-state index is 14.7. The second-order valence-electron chi connectivity index (χ2n) is 20.9. The molecule has 0 bridgehead atoms. The fourth-order valence-electron chi connectivity index (χ4n) is 9.90. The van der Waals surface area contributed by atoms with Crippen LogP contribution in [0.4, 0.5) is 0 Å². The van der Waals surface area contributed by atoms with Crippen LogP contribution in [0, 0.1) is 27.7 Å². The zero-order valence-electron chi connectivity index (χ0n) is 47.0. The molecule has 6 aromatic carbocycles. The Balaban J connectivity index is 1.14. The molecule has 8 rings (SSSR count). The van der Waals surface area contributed by atoms with Crippen LogP contribution >= 0.6 is 0 Å². The largest absolute Gasteiger partial charge is 0.336 e. The monoisotopic (exact) mass is 1190 g/mol. The molecule has 2 aliphatic rings. The van der Waals surface area contributed by atoms with Gasteiger partial charge in [-0.25, -0.2) is 33.7 Å². The summed E-state index contributed by atoms with van der Waals surface area (Å²) in [5.74, 6) is -0.751. The molecular weight excluding hydrogens is 1120 g/mol. The van der Waals surface area contributed by atoms with Gasteiger partial charge in [0.2, 0.25) is 40.1 Å². The van der Waals surface area contributed by atoms with Crippen molar-refractivity contribution in [3.63, 3.8) is 0 Å². The molecule has 2 heterocycles. The third-order valence-corrected chi connectivity index (χ3v) is 22.8. The standard InChI is InChI=1S/C60H74N8O10S4/c1-49-15-23-55(24-16-49)79(71,72)65-41-33-61(34-42-66(80(73,74)56-25-17-50(2)18-26-56)46-38-63(37-45-65)59(69)53-11-7-5-8-12-53)31-32-62-35-43-67(81(75,76)57-27-19-51(3)20-28-57)47-39-64(60(70)54-13-9-6-10-14-54)40-48-68(44-36-62)82(77,78)58-29-21-52(4)22-30-58/h5-30H,31-48H2,1-4H3. The molecule has 0 aliphatic carbocycles. The van der Waals surface area contributed by atoms with E-state index in [1.807, 2.05) is 37.5 Å². The van der Waals surface area contributed by atoms with Gasteiger partial charge in [0.15, 0.2) is 0 Å². The molecule has 0 unspecified atom stereocenters. The molecule has 0 aromatic heterocycles. The minimum Gasteiger partial charge on any atom is -0.336 e. The van der Waals surface area contributed by atoms with E-state index in [4.69, 9.17) is 0 Å². The van der Waals surface area contributed by atoms with Crippen molar-refractivity contribution < 1.29 is 43.3 Å². The highest BCUT2D eigenvalue weighted by Gasteiger charge is 2.34. The van der Waals surface area contributed by atoms with E-state index in [9.17, 15) is 43.3 Å². The van der Waals surface area contributed by atoms with Crippen molar-refractivity contribution in [2.75, 3.05) is 118 Å². The summed E-state index contributed by atoms with van der Waals surface area (Å²) >= 11 is 0. The third kappa shape index (κ3) is 15.5. The summed E-state index contributed by atoms with van der Waals surface area (Å²) in [6.45, 7) is 7.60. The summed E-state index contributed by atoms with van der Waals surface area (Å²) in [6.07, 6.45) is 0. The number of nitrogens with zero attached hydrogens (tertiary/aromatic N) is 8. The lowest BCUT2D eigenvalue weighted by Crippen LogP contribution is -2.51. The first-order chi connectivity index (χ1) is 39.1. The number of carbonyl (C=O) groups is 2. The van der Waals surface area contributed by atoms with Crippen molar-refractivity contribution in [2.45, 2.75) is 47.3 Å². The van der Waals surface area contributed by atoms with Gasteiger partial charge in [-0.2, -0.15) is 17.2 Å². The van der Waals surface area contributed by atoms with Crippen molar-refractivity contribution >= 4 is 51.9 Å². The van der Waals surface area contributed by atoms with Crippen molar-refractivity contribution in [1.82, 2.24) is 36.8 Å². The fraction of sp³-hybridized carbons (Fsp3) is 0.367. The molecule has 0 saturated carbocycles. The molecule has 22 heteroatoms. The van der Waals surface area contributed by atoms with E-state index < -0.39 is 40.1 Å². The van der Waals surface area contributed by atoms with Gasteiger partial charge < -0.3 is 9.80 Å². The van der Waals surface area contributed by atoms with Crippen LogP contribution in [0.15, 0.2) is 177 Å². The van der Waals surface area contributed by atoms with E-state index in [2.05, 4.69) is 0 Å². The highest BCUT2D eigenvalue weighted by Crippen LogP contribution is 2.23. The van der Waals surface area contributed by atoms with Crippen LogP contribution in [0.25, 0.3) is 0 Å². The number of hydrogen-bond acceptors (Lipinski definition) is 12. The smallest absolute Gasteiger partial charge is 0.253 e. The van der Waals surface area contributed by atoms with Crippen LogP contribution in [0.2, 0.25) is 0 Å². The molecule has 18 nitrogen and oxygen atoms in total. The number of rotatable bonds is 13. The number of amides is 2. The summed E-state index contributed by atoms with van der Waals surface area (Å²) < 4.78 is 123. The first-order valence-electron chi connectivity index (χ1n) is 27.5. The van der Waals surface area contributed by atoms with Crippen LogP contribution in [0.5, 0.6) is 0 Å². The Morgan fingerprint density at radius 1 is 0.293 bits per heavy atom. The lowest BCUT2D eigenvalue weighted by Gasteiger charge is -2.36. The third-order valence-electron chi connectivity index (χ3n) is 15.1. The molecule has 2 fully saturated rings. The Morgan fingerprint density at radius 3 is 0.720 bits per heavy atom. The minimum absolute atomic E-state index is 0.0440. The molecule has 2 aliphatic heterocycles. The number of carbonyl (C=O) groups excluding carboxylic acids is 2. The highest BCUT2D eigenvalue weighted by atomic mass is 32.2. The number of sulfonamides is 4. The van der Waals surface area contributed by atoms with Gasteiger partial charge in [-0.05, 0) is 100 Å². The fourth-order valence-corrected chi connectivity index (χ4v) is 15.6. The SMILES string of the molecule is Cc1ccc(S(=O)(=O)N2CCN(CCN3CCN(S(=O)(=O)c4ccc(C)cc4)CCN(C(=O)c4ccccc4)CCN(S(=O)(=O)c4ccc(C)cc4)CC3)CCN(S(=O)(=O)c3ccc(C)cc3)CCN(C(=O)c3ccccc3)CC2)cc1. The highest BCUT2D eigenvalue weighted by molar-refractivity contribution is 7.90. The minimum atomic E-state index is -4.15. The van der Waals surface area contributed by atoms with E-state index in [-0.39, 0.29) is 149 Å². The molecule has 2 amide bonds. The first kappa shape index (κ1) is 61.9. The van der Waals surface area contributed by atoms with Crippen LogP contribution in [-0.2, 0) is 40.1 Å². The first-order valence-corrected chi connectivity index (χ1v) is 33.3. The van der Waals surface area contributed by atoms with Crippen LogP contribution in [0.1, 0.15) is 43.0 Å². The molecule has 82 heavy (non-hydrogen) atoms. The van der Waals surface area contributed by atoms with Crippen molar-refractivity contribution in [2.24, 2.45) is 0 Å². The molecule has 0 atom stereocenters. The maximum atomic E-state index is 14.7. The second-order valence-corrected chi connectivity index (χ2v) is 28.6. The average molecular weight is 1200 g/mol. The van der Waals surface area contributed by atoms with Gasteiger partial charge in [0, 0.05) is 129 Å². The summed E-state index contributed by atoms with van der Waals surface area (Å²) in [6, 6.07) is 43.4. The zero-order valence-corrected chi connectivity index (χ0v) is 50.3. The van der Waals surface area contributed by atoms with E-state index >= 15 is 0 Å². The Kier molecular flexibility index (Phi) is 20.7. The predicted molar refractivity (Wildman–Crippen MR) is 317 cm³/mol. The van der Waals surface area contributed by atoms with Crippen molar-refractivity contribution in [3.8, 4) is 0 Å². The Labute approximate surface area is 485 Å². The number of benzene rings is 6. The normalized spacial score (nSPS) is 17.7. The molecule has 0 spiro atoms. The lowest BCUT2D eigenvalue weighted by atomic mass is 10.2. The van der Waals surface area contributed by atoms with Crippen LogP contribution in [-0.4, -0.2) is 200 Å². The van der Waals surface area contributed by atoms with E-state index in [1.165, 1.54) is 27.0 Å². The second kappa shape index (κ2) is 27.5. The number of aryl methyl sites for hydroxylation is 4. The van der Waals surface area contributed by atoms with Gasteiger partial charge in [-0.3, -0.25) is 19.4 Å². The molecule has 6 aromatic rings. The van der Waals surface area contributed by atoms with Gasteiger partial charge in [-0.1, -0.05) is 107 Å². The molecule has 0 N–H and O–H groups in total. The van der Waals surface area contributed by atoms with Gasteiger partial charge in [0.1, 0.15) is 0 Å². The zero-order chi connectivity index (χ0) is 58.7. The van der Waals surface area contributed by atoms with E-state index in [0.717, 1.165) is 22.3 Å². The van der Waals surface area contributed by atoms with Crippen molar-refractivity contribution in [3.05, 3.63) is 191 Å². The molecule has 2 saturated heterocycles. The van der Waals surface area contributed by atoms with Gasteiger partial charge >= 0.3 is 0 Å². The average Bonchev–Trinajstić information content (AvgIpc) is 3.51. The van der Waals surface area contributed by atoms with Crippen LogP contribution in [0.3, 0.4) is 0 Å². The molecular formula is C60H74N8O10S4. The van der Waals surface area contributed by atoms with Gasteiger partial charge in [0.25, 0.3) is 11.8 Å². The Morgan fingerprint density at radius 2 is 0.500 bits per heavy atom. The quantitative estimate of drug-likeness (QED) is 0.133. The molecule has 0 radical (unpaired) electrons. The summed E-state index contributed by atoms with van der Waals surface area (Å²) in [7, 11) is -16.6. The lowest BCUT2D eigenvalue weighted by molar-refractivity contribution is 0.0722. The predicted octanol–water partition coefficient (Wildman–Crippen LogP) is 5.90. The number of hydrogen-bond donors (Lipinski definition) is 0. The Hall–Kier alpha value is -6.18. The topological polar surface area (TPSA) is 197 Å². The maximum Gasteiger partial charge on any atom is 0.253 e. The van der Waals surface area contributed by atoms with Crippen LogP contribution < -0.4 is 0 Å². The van der Waals surface area contributed by atoms with Gasteiger partial charge in [-0.15, -0.1) is 0 Å². The summed E-state index contributed by atoms with van der Waals surface area (Å²) in [5.41, 5.74) is 4.23. The van der Waals surface area contributed by atoms with E-state index in [0.29, 0.717) is 11.1 Å². The van der Waals surface area contributed by atoms with Crippen molar-refractivity contribution in [1.29, 1.82) is 0 Å². The summed E-state index contributed by atoms with van der Waals surface area (Å²) in [5, 5.41) is 0. The molecule has 438 valence electrons.